The number of nitrogens with one attached hydrogen (secondary N) is 2. The number of carbonyl (C=O) groups is 1. The van der Waals surface area contributed by atoms with Gasteiger partial charge in [0.05, 0.1) is 17.8 Å². The van der Waals surface area contributed by atoms with Crippen molar-refractivity contribution in [3.05, 3.63) is 65.9 Å². The molecule has 0 radical (unpaired) electrons. The zero-order valence-electron chi connectivity index (χ0n) is 14.6. The number of methoxy groups -OCH3 is 1. The molecular weight excluding hydrogens is 314 g/mol. The third-order valence-corrected chi connectivity index (χ3v) is 4.15. The SMILES string of the molecule is COCCn1cc(NC(=O)NCc2ccc(C)cc2)c2ccccc21. The van der Waals surface area contributed by atoms with E-state index >= 15 is 0 Å². The number of anilines is 1. The van der Waals surface area contributed by atoms with E-state index in [1.807, 2.05) is 61.7 Å². The Morgan fingerprint density at radius 1 is 1.12 bits per heavy atom. The summed E-state index contributed by atoms with van der Waals surface area (Å²) < 4.78 is 7.25. The number of amides is 2. The number of ether oxygens (including phenoxy) is 1. The normalized spacial score (nSPS) is 10.8. The molecule has 25 heavy (non-hydrogen) atoms. The molecule has 0 unspecified atom stereocenters. The third kappa shape index (κ3) is 4.19. The number of aryl methyl sites for hydroxylation is 1. The van der Waals surface area contributed by atoms with E-state index in [4.69, 9.17) is 4.74 Å². The van der Waals surface area contributed by atoms with Crippen molar-refractivity contribution in [2.45, 2.75) is 20.0 Å². The van der Waals surface area contributed by atoms with E-state index in [1.54, 1.807) is 7.11 Å². The van der Waals surface area contributed by atoms with Crippen molar-refractivity contribution >= 4 is 22.6 Å². The maximum atomic E-state index is 12.3. The van der Waals surface area contributed by atoms with Crippen molar-refractivity contribution in [3.8, 4) is 0 Å². The van der Waals surface area contributed by atoms with Gasteiger partial charge in [-0.2, -0.15) is 0 Å². The fraction of sp³-hybridized carbons (Fsp3) is 0.250. The number of benzene rings is 2. The molecule has 5 nitrogen and oxygen atoms in total. The molecule has 130 valence electrons. The van der Waals surface area contributed by atoms with Gasteiger partial charge in [0.1, 0.15) is 0 Å². The molecule has 0 saturated heterocycles. The highest BCUT2D eigenvalue weighted by Gasteiger charge is 2.10. The van der Waals surface area contributed by atoms with Crippen LogP contribution in [-0.2, 0) is 17.8 Å². The van der Waals surface area contributed by atoms with Gasteiger partial charge in [-0.25, -0.2) is 4.79 Å². The van der Waals surface area contributed by atoms with Crippen LogP contribution in [-0.4, -0.2) is 24.3 Å². The molecule has 2 aromatic carbocycles. The third-order valence-electron chi connectivity index (χ3n) is 4.15. The van der Waals surface area contributed by atoms with E-state index in [0.29, 0.717) is 13.2 Å². The van der Waals surface area contributed by atoms with E-state index in [9.17, 15) is 4.79 Å². The summed E-state index contributed by atoms with van der Waals surface area (Å²) in [6, 6.07) is 15.9. The van der Waals surface area contributed by atoms with Crippen LogP contribution in [0.3, 0.4) is 0 Å². The molecule has 0 fully saturated rings. The van der Waals surface area contributed by atoms with Crippen LogP contribution < -0.4 is 10.6 Å². The standard InChI is InChI=1S/C20H23N3O2/c1-15-7-9-16(10-8-15)13-21-20(24)22-18-14-23(11-12-25-2)19-6-4-3-5-17(18)19/h3-10,14H,11-13H2,1-2H3,(H2,21,22,24). The van der Waals surface area contributed by atoms with Gasteiger partial charge in [-0.15, -0.1) is 0 Å². The lowest BCUT2D eigenvalue weighted by molar-refractivity contribution is 0.188. The molecule has 0 spiro atoms. The van der Waals surface area contributed by atoms with E-state index in [2.05, 4.69) is 15.2 Å². The van der Waals surface area contributed by atoms with Gasteiger partial charge < -0.3 is 19.9 Å². The van der Waals surface area contributed by atoms with E-state index in [-0.39, 0.29) is 6.03 Å². The van der Waals surface area contributed by atoms with E-state index in [1.165, 1.54) is 5.56 Å². The number of nitrogens with zero attached hydrogens (tertiary/aromatic N) is 1. The van der Waals surface area contributed by atoms with Crippen molar-refractivity contribution in [1.29, 1.82) is 0 Å². The van der Waals surface area contributed by atoms with Gasteiger partial charge in [-0.05, 0) is 18.6 Å². The highest BCUT2D eigenvalue weighted by molar-refractivity contribution is 6.01. The number of hydrogen-bond acceptors (Lipinski definition) is 2. The number of fused-ring (bicyclic) bond motifs is 1. The van der Waals surface area contributed by atoms with Gasteiger partial charge in [0, 0.05) is 31.8 Å². The first-order valence-electron chi connectivity index (χ1n) is 8.34. The molecule has 0 aliphatic heterocycles. The minimum Gasteiger partial charge on any atom is -0.383 e. The van der Waals surface area contributed by atoms with Crippen LogP contribution >= 0.6 is 0 Å². The molecule has 1 heterocycles. The molecule has 3 rings (SSSR count). The Kier molecular flexibility index (Phi) is 5.36. The number of para-hydroxylation sites is 1. The fourth-order valence-electron chi connectivity index (χ4n) is 2.78. The molecule has 0 bridgehead atoms. The van der Waals surface area contributed by atoms with Gasteiger partial charge in [0.25, 0.3) is 0 Å². The predicted molar refractivity (Wildman–Crippen MR) is 101 cm³/mol. The minimum atomic E-state index is -0.213. The quantitative estimate of drug-likeness (QED) is 0.716. The monoisotopic (exact) mass is 337 g/mol. The van der Waals surface area contributed by atoms with Crippen LogP contribution in [0.1, 0.15) is 11.1 Å². The average molecular weight is 337 g/mol. The second-order valence-corrected chi connectivity index (χ2v) is 6.04. The molecule has 2 N–H and O–H groups in total. The van der Waals surface area contributed by atoms with Crippen molar-refractivity contribution in [2.24, 2.45) is 0 Å². The lowest BCUT2D eigenvalue weighted by Gasteiger charge is -2.07. The first-order valence-corrected chi connectivity index (χ1v) is 8.34. The highest BCUT2D eigenvalue weighted by atomic mass is 16.5. The van der Waals surface area contributed by atoms with E-state index in [0.717, 1.165) is 28.7 Å². The summed E-state index contributed by atoms with van der Waals surface area (Å²) in [5.41, 5.74) is 4.15. The summed E-state index contributed by atoms with van der Waals surface area (Å²) in [5.74, 6) is 0. The van der Waals surface area contributed by atoms with Gasteiger partial charge >= 0.3 is 6.03 Å². The summed E-state index contributed by atoms with van der Waals surface area (Å²) in [6.07, 6.45) is 1.95. The molecular formula is C20H23N3O2. The van der Waals surface area contributed by atoms with Crippen LogP contribution in [0.15, 0.2) is 54.7 Å². The lowest BCUT2D eigenvalue weighted by atomic mass is 10.1. The van der Waals surface area contributed by atoms with Gasteiger partial charge in [0.2, 0.25) is 0 Å². The molecule has 1 aromatic heterocycles. The fourth-order valence-corrected chi connectivity index (χ4v) is 2.78. The van der Waals surface area contributed by atoms with Gasteiger partial charge in [0.15, 0.2) is 0 Å². The highest BCUT2D eigenvalue weighted by Crippen LogP contribution is 2.25. The Labute approximate surface area is 147 Å². The van der Waals surface area contributed by atoms with Crippen molar-refractivity contribution in [2.75, 3.05) is 19.0 Å². The number of hydrogen-bond donors (Lipinski definition) is 2. The molecule has 0 aliphatic rings. The minimum absolute atomic E-state index is 0.213. The van der Waals surface area contributed by atoms with E-state index < -0.39 is 0 Å². The van der Waals surface area contributed by atoms with Crippen LogP contribution in [0.4, 0.5) is 10.5 Å². The second-order valence-electron chi connectivity index (χ2n) is 6.04. The largest absolute Gasteiger partial charge is 0.383 e. The van der Waals surface area contributed by atoms with Gasteiger partial charge in [-0.3, -0.25) is 0 Å². The Balaban J connectivity index is 1.69. The van der Waals surface area contributed by atoms with Crippen LogP contribution in [0.5, 0.6) is 0 Å². The maximum absolute atomic E-state index is 12.3. The average Bonchev–Trinajstić information content (AvgIpc) is 2.97. The summed E-state index contributed by atoms with van der Waals surface area (Å²) in [4.78, 5) is 12.3. The topological polar surface area (TPSA) is 55.3 Å². The number of urea groups is 1. The lowest BCUT2D eigenvalue weighted by Crippen LogP contribution is -2.28. The zero-order valence-corrected chi connectivity index (χ0v) is 14.6. The maximum Gasteiger partial charge on any atom is 0.319 e. The Morgan fingerprint density at radius 3 is 2.64 bits per heavy atom. The van der Waals surface area contributed by atoms with Crippen molar-refractivity contribution in [1.82, 2.24) is 9.88 Å². The van der Waals surface area contributed by atoms with Crippen molar-refractivity contribution in [3.63, 3.8) is 0 Å². The summed E-state index contributed by atoms with van der Waals surface area (Å²) in [6.45, 7) is 3.90. The molecule has 2 amide bonds. The first kappa shape index (κ1) is 17.0. The molecule has 3 aromatic rings. The Bertz CT molecular complexity index is 853. The number of aromatic nitrogens is 1. The Hall–Kier alpha value is -2.79. The zero-order chi connectivity index (χ0) is 17.6. The van der Waals surface area contributed by atoms with Crippen LogP contribution in [0.2, 0.25) is 0 Å². The molecule has 0 aliphatic carbocycles. The number of carbonyl (C=O) groups excluding carboxylic acids is 1. The summed E-state index contributed by atoms with van der Waals surface area (Å²) >= 11 is 0. The van der Waals surface area contributed by atoms with Crippen LogP contribution in [0, 0.1) is 6.92 Å². The number of rotatable bonds is 6. The molecule has 5 heteroatoms. The molecule has 0 saturated carbocycles. The van der Waals surface area contributed by atoms with Crippen molar-refractivity contribution < 1.29 is 9.53 Å². The summed E-state index contributed by atoms with van der Waals surface area (Å²) in [7, 11) is 1.68. The first-order chi connectivity index (χ1) is 12.2. The van der Waals surface area contributed by atoms with Crippen LogP contribution in [0.25, 0.3) is 10.9 Å². The smallest absolute Gasteiger partial charge is 0.319 e. The second kappa shape index (κ2) is 7.85. The predicted octanol–water partition coefficient (Wildman–Crippen LogP) is 3.92. The summed E-state index contributed by atoms with van der Waals surface area (Å²) in [5, 5.41) is 6.87. The Morgan fingerprint density at radius 2 is 1.88 bits per heavy atom. The van der Waals surface area contributed by atoms with Gasteiger partial charge in [-0.1, -0.05) is 48.0 Å². The molecule has 0 atom stereocenters.